The summed E-state index contributed by atoms with van der Waals surface area (Å²) >= 11 is 0. The van der Waals surface area contributed by atoms with Crippen molar-refractivity contribution in [3.05, 3.63) is 53.2 Å². The number of likely N-dealkylation sites (N-methyl/N-ethyl adjacent to an activating group) is 1. The lowest BCUT2D eigenvalue weighted by molar-refractivity contribution is -0.137. The van der Waals surface area contributed by atoms with Crippen LogP contribution in [0.3, 0.4) is 0 Å². The molecule has 1 saturated carbocycles. The summed E-state index contributed by atoms with van der Waals surface area (Å²) in [5, 5.41) is 7.15. The van der Waals surface area contributed by atoms with Gasteiger partial charge in [-0.3, -0.25) is 24.2 Å². The van der Waals surface area contributed by atoms with E-state index in [1.165, 1.54) is 0 Å². The van der Waals surface area contributed by atoms with Crippen molar-refractivity contribution in [2.24, 2.45) is 13.0 Å². The van der Waals surface area contributed by atoms with Crippen LogP contribution in [-0.2, 0) is 28.6 Å². The number of para-hydroxylation sites is 1. The monoisotopic (exact) mass is 628 g/mol. The molecule has 3 amide bonds. The first-order valence-corrected chi connectivity index (χ1v) is 16.6. The summed E-state index contributed by atoms with van der Waals surface area (Å²) < 4.78 is 7.73. The summed E-state index contributed by atoms with van der Waals surface area (Å²) in [4.78, 5) is 46.3. The van der Waals surface area contributed by atoms with E-state index in [0.717, 1.165) is 87.0 Å². The number of rotatable bonds is 8. The number of aromatic nitrogens is 1. The summed E-state index contributed by atoms with van der Waals surface area (Å²) in [6, 6.07) is 12.0. The number of fused-ring (bicyclic) bond motifs is 1. The molecule has 6 rings (SSSR count). The van der Waals surface area contributed by atoms with Crippen LogP contribution in [0.2, 0.25) is 0 Å². The van der Waals surface area contributed by atoms with Gasteiger partial charge in [-0.05, 0) is 74.0 Å². The second kappa shape index (κ2) is 12.7. The summed E-state index contributed by atoms with van der Waals surface area (Å²) in [6.45, 7) is 11.1. The van der Waals surface area contributed by atoms with Crippen molar-refractivity contribution in [2.75, 3.05) is 57.5 Å². The van der Waals surface area contributed by atoms with Gasteiger partial charge in [0.2, 0.25) is 11.8 Å². The van der Waals surface area contributed by atoms with Crippen molar-refractivity contribution >= 4 is 40.0 Å². The van der Waals surface area contributed by atoms with E-state index in [-0.39, 0.29) is 35.1 Å². The minimum atomic E-state index is -0.252. The minimum Gasteiger partial charge on any atom is -0.492 e. The minimum absolute atomic E-state index is 0.0164. The van der Waals surface area contributed by atoms with Crippen LogP contribution < -0.4 is 15.4 Å². The van der Waals surface area contributed by atoms with Crippen LogP contribution in [0.25, 0.3) is 10.9 Å². The van der Waals surface area contributed by atoms with Gasteiger partial charge in [-0.25, -0.2) is 0 Å². The third-order valence-corrected chi connectivity index (χ3v) is 9.87. The van der Waals surface area contributed by atoms with Crippen LogP contribution in [0.5, 0.6) is 5.75 Å². The predicted octanol–water partition coefficient (Wildman–Crippen LogP) is 4.82. The molecule has 246 valence electrons. The molecule has 0 unspecified atom stereocenters. The molecule has 46 heavy (non-hydrogen) atoms. The fourth-order valence-corrected chi connectivity index (χ4v) is 6.88. The maximum Gasteiger partial charge on any atom is 0.272 e. The number of carbonyl (C=O) groups is 3. The largest absolute Gasteiger partial charge is 0.492 e. The van der Waals surface area contributed by atoms with E-state index in [1.807, 2.05) is 53.9 Å². The van der Waals surface area contributed by atoms with E-state index in [2.05, 4.69) is 47.3 Å². The van der Waals surface area contributed by atoms with Crippen molar-refractivity contribution in [3.63, 3.8) is 0 Å². The Bertz CT molecular complexity index is 1640. The third-order valence-electron chi connectivity index (χ3n) is 9.87. The zero-order valence-electron chi connectivity index (χ0n) is 28.1. The molecule has 1 aromatic heterocycles. The average Bonchev–Trinajstić information content (AvgIpc) is 3.70. The van der Waals surface area contributed by atoms with Gasteiger partial charge in [-0.1, -0.05) is 39.0 Å². The average molecular weight is 629 g/mol. The van der Waals surface area contributed by atoms with Gasteiger partial charge in [0.05, 0.1) is 30.0 Å². The number of hydrogen-bond donors (Lipinski definition) is 2. The SMILES string of the molecule is COc1c(NC(=O)c2cc3cccc(CN4CCN(C(=O)[C@@H]5CCCN5C)CC4)c3n2C)cc(C(C)(C)C)cc1NC(=O)C1CC1. The molecule has 0 bridgehead atoms. The van der Waals surface area contributed by atoms with Crippen molar-refractivity contribution in [3.8, 4) is 5.75 Å². The number of carbonyl (C=O) groups excluding carboxylic acids is 3. The fraction of sp³-hybridized carbons (Fsp3) is 0.528. The van der Waals surface area contributed by atoms with Gasteiger partial charge in [0.15, 0.2) is 5.75 Å². The summed E-state index contributed by atoms with van der Waals surface area (Å²) in [6.07, 6.45) is 3.83. The topological polar surface area (TPSA) is 99.2 Å². The number of benzene rings is 2. The number of aryl methyl sites for hydroxylation is 1. The number of anilines is 2. The van der Waals surface area contributed by atoms with Gasteiger partial charge < -0.3 is 24.8 Å². The second-order valence-electron chi connectivity index (χ2n) is 14.3. The Kier molecular flexibility index (Phi) is 8.87. The molecule has 0 radical (unpaired) electrons. The van der Waals surface area contributed by atoms with Crippen molar-refractivity contribution in [2.45, 2.75) is 64.5 Å². The molecular formula is C36H48N6O4. The van der Waals surface area contributed by atoms with E-state index >= 15 is 0 Å². The summed E-state index contributed by atoms with van der Waals surface area (Å²) in [7, 11) is 5.53. The highest BCUT2D eigenvalue weighted by Crippen LogP contribution is 2.40. The van der Waals surface area contributed by atoms with Crippen molar-refractivity contribution in [1.29, 1.82) is 0 Å². The highest BCUT2D eigenvalue weighted by Gasteiger charge is 2.33. The molecule has 2 saturated heterocycles. The van der Waals surface area contributed by atoms with Crippen LogP contribution in [0, 0.1) is 5.92 Å². The predicted molar refractivity (Wildman–Crippen MR) is 181 cm³/mol. The highest BCUT2D eigenvalue weighted by atomic mass is 16.5. The van der Waals surface area contributed by atoms with Gasteiger partial charge in [-0.15, -0.1) is 0 Å². The molecular weight excluding hydrogens is 580 g/mol. The maximum absolute atomic E-state index is 13.9. The molecule has 1 atom stereocenters. The first-order valence-electron chi connectivity index (χ1n) is 16.6. The normalized spacial score (nSPS) is 19.4. The standard InChI is InChI=1S/C36H48N6O4/c1-36(2,3)26-20-27(37-33(43)23-12-13-23)32(46-6)28(21-26)38-34(44)30-19-24-9-7-10-25(31(24)40(30)5)22-41-15-17-42(18-16-41)35(45)29-11-8-14-39(29)4/h7,9-10,19-21,23,29H,8,11-18,22H2,1-6H3,(H,37,43)(H,38,44)/t29-/m0/s1. The first-order chi connectivity index (χ1) is 21.9. The molecule has 3 heterocycles. The second-order valence-corrected chi connectivity index (χ2v) is 14.3. The molecule has 1 aliphatic carbocycles. The van der Waals surface area contributed by atoms with Crippen LogP contribution in [0.1, 0.15) is 68.1 Å². The highest BCUT2D eigenvalue weighted by molar-refractivity contribution is 6.08. The number of piperazine rings is 1. The smallest absolute Gasteiger partial charge is 0.272 e. The lowest BCUT2D eigenvalue weighted by Crippen LogP contribution is -2.52. The number of amides is 3. The van der Waals surface area contributed by atoms with E-state index in [9.17, 15) is 14.4 Å². The third kappa shape index (κ3) is 6.51. The van der Waals surface area contributed by atoms with E-state index < -0.39 is 0 Å². The van der Waals surface area contributed by atoms with Gasteiger partial charge in [-0.2, -0.15) is 0 Å². The maximum atomic E-state index is 13.9. The van der Waals surface area contributed by atoms with E-state index in [4.69, 9.17) is 4.74 Å². The molecule has 2 aliphatic heterocycles. The molecule has 2 N–H and O–H groups in total. The lowest BCUT2D eigenvalue weighted by atomic mass is 9.86. The zero-order chi connectivity index (χ0) is 32.7. The molecule has 3 aromatic rings. The molecule has 10 nitrogen and oxygen atoms in total. The number of nitrogens with zero attached hydrogens (tertiary/aromatic N) is 4. The summed E-state index contributed by atoms with van der Waals surface area (Å²) in [5.74, 6) is 0.472. The van der Waals surface area contributed by atoms with Crippen LogP contribution in [0.15, 0.2) is 36.4 Å². The lowest BCUT2D eigenvalue weighted by Gasteiger charge is -2.37. The Balaban J connectivity index is 1.20. The number of methoxy groups -OCH3 is 1. The van der Waals surface area contributed by atoms with Gasteiger partial charge in [0.25, 0.3) is 5.91 Å². The fourth-order valence-electron chi connectivity index (χ4n) is 6.88. The Labute approximate surface area is 272 Å². The van der Waals surface area contributed by atoms with E-state index in [0.29, 0.717) is 22.8 Å². The molecule has 3 fully saturated rings. The molecule has 3 aliphatic rings. The zero-order valence-corrected chi connectivity index (χ0v) is 28.1. The van der Waals surface area contributed by atoms with E-state index in [1.54, 1.807) is 7.11 Å². The molecule has 2 aromatic carbocycles. The molecule has 10 heteroatoms. The van der Waals surface area contributed by atoms with Gasteiger partial charge in [0.1, 0.15) is 5.69 Å². The Morgan fingerprint density at radius 2 is 1.61 bits per heavy atom. The number of likely N-dealkylation sites (tertiary alicyclic amines) is 1. The van der Waals surface area contributed by atoms with Crippen molar-refractivity contribution in [1.82, 2.24) is 19.3 Å². The van der Waals surface area contributed by atoms with Crippen molar-refractivity contribution < 1.29 is 19.1 Å². The Morgan fingerprint density at radius 1 is 0.913 bits per heavy atom. The number of ether oxygens (including phenoxy) is 1. The van der Waals surface area contributed by atoms with Gasteiger partial charge >= 0.3 is 0 Å². The first kappa shape index (κ1) is 32.1. The summed E-state index contributed by atoms with van der Waals surface area (Å²) in [5.41, 5.74) is 4.55. The quantitative estimate of drug-likeness (QED) is 0.371. The van der Waals surface area contributed by atoms with Crippen LogP contribution >= 0.6 is 0 Å². The number of hydrogen-bond acceptors (Lipinski definition) is 6. The molecule has 0 spiro atoms. The number of nitrogens with one attached hydrogen (secondary N) is 2. The van der Waals surface area contributed by atoms with Crippen LogP contribution in [0.4, 0.5) is 11.4 Å². The van der Waals surface area contributed by atoms with Gasteiger partial charge in [0, 0.05) is 51.1 Å². The Hall–Kier alpha value is -3.89. The Morgan fingerprint density at radius 3 is 2.22 bits per heavy atom. The van der Waals surface area contributed by atoms with Crippen LogP contribution in [-0.4, -0.2) is 89.9 Å².